The van der Waals surface area contributed by atoms with Crippen LogP contribution in [0.15, 0.2) is 204 Å². The van der Waals surface area contributed by atoms with E-state index in [4.69, 9.17) is 4.99 Å². The topological polar surface area (TPSA) is 85.1 Å². The van der Waals surface area contributed by atoms with E-state index < -0.39 is 0 Å². The number of carbonyl (C=O) groups is 1. The minimum atomic E-state index is -0.177. The molecule has 7 aromatic rings. The SMILES string of the molecule is CNC(=O)c1ccc(/C=C/c2c/c3[nH]/c2=C(/c2ccccc2)C2C=C/C(=C(\c4ccccc4)c4ccc([nH]4)/C(c4ccccc4)=C4/C=CC(=N4)\C=3c3ccccc3)N2)cc1. The van der Waals surface area contributed by atoms with Gasteiger partial charge < -0.3 is 20.6 Å². The van der Waals surface area contributed by atoms with Crippen molar-refractivity contribution in [2.75, 3.05) is 7.05 Å². The summed E-state index contributed by atoms with van der Waals surface area (Å²) in [6, 6.07) is 56.3. The van der Waals surface area contributed by atoms with E-state index in [1.165, 1.54) is 0 Å². The molecule has 0 saturated heterocycles. The van der Waals surface area contributed by atoms with E-state index >= 15 is 0 Å². The molecule has 0 spiro atoms. The Bertz CT molecular complexity index is 3070. The van der Waals surface area contributed by atoms with E-state index in [0.29, 0.717) is 5.56 Å². The molecule has 0 radical (unpaired) electrons. The number of aromatic nitrogens is 2. The summed E-state index contributed by atoms with van der Waals surface area (Å²) in [5.41, 5.74) is 15.9. The van der Waals surface area contributed by atoms with Crippen LogP contribution in [0.1, 0.15) is 55.1 Å². The van der Waals surface area contributed by atoms with E-state index in [9.17, 15) is 4.79 Å². The van der Waals surface area contributed by atoms with Crippen molar-refractivity contribution in [2.24, 2.45) is 4.99 Å². The van der Waals surface area contributed by atoms with Crippen molar-refractivity contribution < 1.29 is 4.79 Å². The van der Waals surface area contributed by atoms with Gasteiger partial charge >= 0.3 is 0 Å². The van der Waals surface area contributed by atoms with Gasteiger partial charge in [-0.1, -0.05) is 152 Å². The monoisotopic (exact) mass is 775 g/mol. The van der Waals surface area contributed by atoms with E-state index in [-0.39, 0.29) is 11.9 Å². The van der Waals surface area contributed by atoms with Crippen molar-refractivity contribution in [3.63, 3.8) is 0 Å². The normalized spacial score (nSPS) is 20.0. The third-order valence-electron chi connectivity index (χ3n) is 11.2. The summed E-state index contributed by atoms with van der Waals surface area (Å²) in [6.07, 6.45) is 13.0. The highest BCUT2D eigenvalue weighted by Gasteiger charge is 2.26. The van der Waals surface area contributed by atoms with Gasteiger partial charge in [-0.3, -0.25) is 4.79 Å². The van der Waals surface area contributed by atoms with E-state index in [2.05, 4.69) is 184 Å². The third-order valence-corrected chi connectivity index (χ3v) is 11.2. The predicted molar refractivity (Wildman–Crippen MR) is 245 cm³/mol. The predicted octanol–water partition coefficient (Wildman–Crippen LogP) is 9.04. The maximum absolute atomic E-state index is 12.3. The number of carbonyl (C=O) groups excluding carboxylic acids is 1. The number of allylic oxidation sites excluding steroid dienone is 3. The summed E-state index contributed by atoms with van der Waals surface area (Å²) in [5.74, 6) is -0.111. The lowest BCUT2D eigenvalue weighted by Gasteiger charge is -2.19. The summed E-state index contributed by atoms with van der Waals surface area (Å²) >= 11 is 0. The van der Waals surface area contributed by atoms with Gasteiger partial charge in [0, 0.05) is 62.9 Å². The minimum Gasteiger partial charge on any atom is -0.374 e. The number of nitrogens with zero attached hydrogens (tertiary/aromatic N) is 1. The molecule has 3 aliphatic heterocycles. The number of rotatable bonds is 7. The standard InChI is InChI=1S/C54H41N5O/c1-55-54(60)40-25-22-35(23-26-40)24-27-41-34-48-51(38-18-10-4-11-19-38)46-31-30-44(57-46)49(36-14-6-2-7-15-36)42-28-29-43(56-42)50(37-16-8-3-9-17-37)45-32-33-47(58-45)52(53(41)59-48)39-20-12-5-13-21-39/h2-34,47,56,58-59H,1H3,(H,55,60)/b27-24+,49-44-,50-45-,51-48-,53-52-. The number of amides is 1. The second-order valence-electron chi connectivity index (χ2n) is 14.9. The Kier molecular flexibility index (Phi) is 9.56. The molecule has 1 amide bonds. The molecule has 0 aliphatic carbocycles. The molecule has 6 heteroatoms. The van der Waals surface area contributed by atoms with Gasteiger partial charge in [0.25, 0.3) is 5.91 Å². The molecule has 10 rings (SSSR count). The van der Waals surface area contributed by atoms with Gasteiger partial charge in [-0.15, -0.1) is 0 Å². The molecule has 1 unspecified atom stereocenters. The van der Waals surface area contributed by atoms with E-state index in [1.54, 1.807) is 7.05 Å². The summed E-state index contributed by atoms with van der Waals surface area (Å²) in [6.45, 7) is 0. The fourth-order valence-corrected chi connectivity index (χ4v) is 8.39. The lowest BCUT2D eigenvalue weighted by Crippen LogP contribution is -2.30. The van der Waals surface area contributed by atoms with Gasteiger partial charge in [0.05, 0.1) is 22.8 Å². The Morgan fingerprint density at radius 1 is 0.600 bits per heavy atom. The van der Waals surface area contributed by atoms with E-state index in [0.717, 1.165) is 94.9 Å². The molecule has 1 atom stereocenters. The van der Waals surface area contributed by atoms with Gasteiger partial charge in [0.2, 0.25) is 0 Å². The smallest absolute Gasteiger partial charge is 0.251 e. The van der Waals surface area contributed by atoms with Gasteiger partial charge in [-0.25, -0.2) is 4.99 Å². The molecule has 5 aromatic carbocycles. The zero-order valence-electron chi connectivity index (χ0n) is 33.0. The van der Waals surface area contributed by atoms with Crippen LogP contribution in [0.5, 0.6) is 0 Å². The lowest BCUT2D eigenvalue weighted by molar-refractivity contribution is 0.0963. The van der Waals surface area contributed by atoms with E-state index in [1.807, 2.05) is 36.4 Å². The van der Waals surface area contributed by atoms with Gasteiger partial charge in [-0.2, -0.15) is 0 Å². The van der Waals surface area contributed by atoms with Crippen LogP contribution in [0.4, 0.5) is 0 Å². The van der Waals surface area contributed by atoms with Crippen molar-refractivity contribution in [1.82, 2.24) is 20.6 Å². The van der Waals surface area contributed by atoms with Gasteiger partial charge in [-0.05, 0) is 76.4 Å². The third kappa shape index (κ3) is 6.90. The molecule has 5 heterocycles. The van der Waals surface area contributed by atoms with Gasteiger partial charge in [0.15, 0.2) is 0 Å². The van der Waals surface area contributed by atoms with Crippen molar-refractivity contribution in [3.05, 3.63) is 261 Å². The quantitative estimate of drug-likeness (QED) is 0.130. The molecule has 288 valence electrons. The number of aromatic amines is 2. The molecule has 60 heavy (non-hydrogen) atoms. The number of hydrogen-bond acceptors (Lipinski definition) is 3. The van der Waals surface area contributed by atoms with Crippen LogP contribution in [-0.4, -0.2) is 34.7 Å². The molecule has 4 N–H and O–H groups in total. The fraction of sp³-hybridized carbons (Fsp3) is 0.0370. The molecule has 6 nitrogen and oxygen atoms in total. The van der Waals surface area contributed by atoms with Crippen LogP contribution in [-0.2, 0) is 0 Å². The van der Waals surface area contributed by atoms with Crippen molar-refractivity contribution in [2.45, 2.75) is 6.04 Å². The second kappa shape index (κ2) is 15.8. The van der Waals surface area contributed by atoms with Crippen molar-refractivity contribution >= 4 is 46.1 Å². The Balaban J connectivity index is 1.30. The maximum Gasteiger partial charge on any atom is 0.251 e. The number of fused-ring (bicyclic) bond motifs is 7. The molecule has 0 saturated carbocycles. The maximum atomic E-state index is 12.3. The van der Waals surface area contributed by atoms with Crippen LogP contribution in [0, 0.1) is 0 Å². The molecule has 8 bridgehead atoms. The second-order valence-corrected chi connectivity index (χ2v) is 14.9. The Morgan fingerprint density at radius 3 is 1.82 bits per heavy atom. The number of H-pyrrole nitrogens is 2. The van der Waals surface area contributed by atoms with Crippen molar-refractivity contribution in [1.29, 1.82) is 0 Å². The first-order valence-electron chi connectivity index (χ1n) is 20.2. The summed E-state index contributed by atoms with van der Waals surface area (Å²) in [7, 11) is 1.65. The zero-order valence-corrected chi connectivity index (χ0v) is 33.0. The largest absolute Gasteiger partial charge is 0.374 e. The van der Waals surface area contributed by atoms with Crippen LogP contribution < -0.4 is 21.3 Å². The Hall–Kier alpha value is -7.96. The lowest BCUT2D eigenvalue weighted by atomic mass is 9.97. The number of aliphatic imine (C=N–C) groups is 1. The van der Waals surface area contributed by atoms with Crippen LogP contribution in [0.25, 0.3) is 34.4 Å². The molecular formula is C54H41N5O. The first-order valence-corrected chi connectivity index (χ1v) is 20.2. The summed E-state index contributed by atoms with van der Waals surface area (Å²) in [4.78, 5) is 25.6. The van der Waals surface area contributed by atoms with Crippen LogP contribution >= 0.6 is 0 Å². The van der Waals surface area contributed by atoms with Crippen LogP contribution in [0.2, 0.25) is 0 Å². The molecule has 0 fully saturated rings. The number of benzene rings is 5. The highest BCUT2D eigenvalue weighted by molar-refractivity contribution is 6.30. The molecule has 3 aliphatic rings. The minimum absolute atomic E-state index is 0.111. The Morgan fingerprint density at radius 2 is 1.18 bits per heavy atom. The average molecular weight is 776 g/mol. The molecule has 2 aromatic heterocycles. The first kappa shape index (κ1) is 36.4. The average Bonchev–Trinajstić information content (AvgIpc) is 4.15. The van der Waals surface area contributed by atoms with Crippen LogP contribution in [0.3, 0.4) is 0 Å². The Labute approximate surface area is 348 Å². The molecular weight excluding hydrogens is 735 g/mol. The highest BCUT2D eigenvalue weighted by Crippen LogP contribution is 2.36. The number of nitrogens with one attached hydrogen (secondary N) is 4. The highest BCUT2D eigenvalue weighted by atomic mass is 16.1. The first-order chi connectivity index (χ1) is 29.6. The summed E-state index contributed by atoms with van der Waals surface area (Å²) < 4.78 is 0. The summed E-state index contributed by atoms with van der Waals surface area (Å²) in [5, 5.41) is 8.63. The fourth-order valence-electron chi connectivity index (χ4n) is 8.39. The van der Waals surface area contributed by atoms with Gasteiger partial charge in [0.1, 0.15) is 0 Å². The zero-order chi connectivity index (χ0) is 40.4. The number of hydrogen-bond donors (Lipinski definition) is 4. The van der Waals surface area contributed by atoms with Crippen molar-refractivity contribution in [3.8, 4) is 0 Å².